The second-order valence-electron chi connectivity index (χ2n) is 3.79. The number of esters is 1. The molecule has 1 aromatic rings. The topological polar surface area (TPSA) is 102 Å². The number of anilines is 1. The second kappa shape index (κ2) is 6.23. The van der Waals surface area contributed by atoms with Crippen LogP contribution < -0.4 is 10.5 Å². The van der Waals surface area contributed by atoms with Crippen LogP contribution in [0.4, 0.5) is 5.69 Å². The van der Waals surface area contributed by atoms with Crippen LogP contribution in [0.1, 0.15) is 18.1 Å². The molecule has 2 unspecified atom stereocenters. The average Bonchev–Trinajstić information content (AvgIpc) is 2.37. The number of hydrogen-bond donors (Lipinski definition) is 3. The molecule has 0 saturated carbocycles. The van der Waals surface area contributed by atoms with Gasteiger partial charge >= 0.3 is 5.97 Å². The molecule has 6 heteroatoms. The molecule has 0 fully saturated rings. The van der Waals surface area contributed by atoms with Gasteiger partial charge in [0.05, 0.1) is 32.4 Å². The molecule has 0 amide bonds. The Hall–Kier alpha value is -1.79. The van der Waals surface area contributed by atoms with Crippen molar-refractivity contribution in [3.05, 3.63) is 23.8 Å². The number of ether oxygens (including phenoxy) is 2. The first kappa shape index (κ1) is 14.3. The first-order valence-corrected chi connectivity index (χ1v) is 5.36. The molecular weight excluding hydrogens is 238 g/mol. The summed E-state index contributed by atoms with van der Waals surface area (Å²) >= 11 is 0. The summed E-state index contributed by atoms with van der Waals surface area (Å²) in [4.78, 5) is 11.0. The highest BCUT2D eigenvalue weighted by molar-refractivity contribution is 5.69. The fourth-order valence-electron chi connectivity index (χ4n) is 1.52. The summed E-state index contributed by atoms with van der Waals surface area (Å²) in [7, 11) is 2.70. The van der Waals surface area contributed by atoms with Gasteiger partial charge in [-0.25, -0.2) is 0 Å². The Balaban J connectivity index is 2.80. The lowest BCUT2D eigenvalue weighted by molar-refractivity contribution is -0.144. The number of aliphatic hydroxyl groups is 2. The van der Waals surface area contributed by atoms with E-state index in [-0.39, 0.29) is 6.42 Å². The minimum absolute atomic E-state index is 0.288. The summed E-state index contributed by atoms with van der Waals surface area (Å²) in [5.41, 5.74) is 6.44. The third-order valence-electron chi connectivity index (χ3n) is 2.56. The van der Waals surface area contributed by atoms with Crippen LogP contribution in [0.3, 0.4) is 0 Å². The molecule has 1 rings (SSSR count). The number of methoxy groups -OCH3 is 2. The van der Waals surface area contributed by atoms with Crippen molar-refractivity contribution in [1.82, 2.24) is 0 Å². The zero-order valence-corrected chi connectivity index (χ0v) is 10.3. The Morgan fingerprint density at radius 3 is 2.56 bits per heavy atom. The fraction of sp³-hybridized carbons (Fsp3) is 0.417. The summed E-state index contributed by atoms with van der Waals surface area (Å²) in [6.07, 6.45) is -2.74. The minimum Gasteiger partial charge on any atom is -0.495 e. The van der Waals surface area contributed by atoms with E-state index in [2.05, 4.69) is 4.74 Å². The first-order chi connectivity index (χ1) is 8.49. The maximum atomic E-state index is 11.0. The highest BCUT2D eigenvalue weighted by Gasteiger charge is 2.22. The average molecular weight is 255 g/mol. The largest absolute Gasteiger partial charge is 0.495 e. The Kier molecular flexibility index (Phi) is 4.94. The molecule has 4 N–H and O–H groups in total. The predicted octanol–water partition coefficient (Wildman–Crippen LogP) is 0.235. The van der Waals surface area contributed by atoms with Crippen LogP contribution in [0, 0.1) is 0 Å². The molecule has 0 aliphatic carbocycles. The predicted molar refractivity (Wildman–Crippen MR) is 65.0 cm³/mol. The summed E-state index contributed by atoms with van der Waals surface area (Å²) in [5, 5.41) is 19.5. The van der Waals surface area contributed by atoms with Crippen molar-refractivity contribution in [1.29, 1.82) is 0 Å². The van der Waals surface area contributed by atoms with E-state index in [0.717, 1.165) is 0 Å². The minimum atomic E-state index is -1.25. The number of benzene rings is 1. The van der Waals surface area contributed by atoms with Crippen molar-refractivity contribution in [3.63, 3.8) is 0 Å². The molecule has 2 atom stereocenters. The van der Waals surface area contributed by atoms with Crippen molar-refractivity contribution in [3.8, 4) is 5.75 Å². The maximum absolute atomic E-state index is 11.0. The summed E-state index contributed by atoms with van der Waals surface area (Å²) in [5.74, 6) is -0.114. The number of hydrogen-bond acceptors (Lipinski definition) is 6. The van der Waals surface area contributed by atoms with E-state index >= 15 is 0 Å². The van der Waals surface area contributed by atoms with E-state index < -0.39 is 18.2 Å². The van der Waals surface area contributed by atoms with Gasteiger partial charge in [0.2, 0.25) is 0 Å². The number of carbonyl (C=O) groups excluding carboxylic acids is 1. The van der Waals surface area contributed by atoms with Crippen molar-refractivity contribution >= 4 is 11.7 Å². The Labute approximate surface area is 105 Å². The molecule has 0 aromatic heterocycles. The summed E-state index contributed by atoms with van der Waals surface area (Å²) < 4.78 is 9.39. The van der Waals surface area contributed by atoms with Crippen LogP contribution in [-0.2, 0) is 9.53 Å². The molecule has 0 aliphatic rings. The van der Waals surface area contributed by atoms with Crippen molar-refractivity contribution in [2.75, 3.05) is 20.0 Å². The van der Waals surface area contributed by atoms with Gasteiger partial charge in [-0.3, -0.25) is 4.79 Å². The van der Waals surface area contributed by atoms with Crippen LogP contribution >= 0.6 is 0 Å². The van der Waals surface area contributed by atoms with Crippen molar-refractivity contribution in [2.45, 2.75) is 18.6 Å². The van der Waals surface area contributed by atoms with E-state index in [1.807, 2.05) is 0 Å². The summed E-state index contributed by atoms with van der Waals surface area (Å²) in [6, 6.07) is 4.64. The van der Waals surface area contributed by atoms with Crippen LogP contribution in [0.5, 0.6) is 5.75 Å². The standard InChI is InChI=1S/C12H17NO5/c1-17-10-4-3-7(5-8(10)13)12(16)9(14)6-11(15)18-2/h3-5,9,12,14,16H,6,13H2,1-2H3. The third-order valence-corrected chi connectivity index (χ3v) is 2.56. The Morgan fingerprint density at radius 1 is 1.39 bits per heavy atom. The lowest BCUT2D eigenvalue weighted by Gasteiger charge is -2.18. The number of aliphatic hydroxyl groups excluding tert-OH is 2. The number of nitrogen functional groups attached to an aromatic ring is 1. The van der Waals surface area contributed by atoms with Gasteiger partial charge in [0.15, 0.2) is 0 Å². The molecule has 0 spiro atoms. The van der Waals surface area contributed by atoms with Gasteiger partial charge in [-0.2, -0.15) is 0 Å². The lowest BCUT2D eigenvalue weighted by atomic mass is 10.0. The zero-order valence-electron chi connectivity index (χ0n) is 10.3. The molecule has 0 heterocycles. The number of carbonyl (C=O) groups is 1. The molecule has 1 aromatic carbocycles. The van der Waals surface area contributed by atoms with E-state index in [0.29, 0.717) is 17.0 Å². The molecule has 0 saturated heterocycles. The molecule has 100 valence electrons. The second-order valence-corrected chi connectivity index (χ2v) is 3.79. The molecule has 0 radical (unpaired) electrons. The van der Waals surface area contributed by atoms with Crippen molar-refractivity contribution < 1.29 is 24.5 Å². The van der Waals surface area contributed by atoms with Gasteiger partial charge in [0.25, 0.3) is 0 Å². The number of nitrogens with two attached hydrogens (primary N) is 1. The molecular formula is C12H17NO5. The van der Waals surface area contributed by atoms with E-state index in [4.69, 9.17) is 10.5 Å². The van der Waals surface area contributed by atoms with E-state index in [9.17, 15) is 15.0 Å². The molecule has 0 aliphatic heterocycles. The Morgan fingerprint density at radius 2 is 2.06 bits per heavy atom. The zero-order chi connectivity index (χ0) is 13.7. The van der Waals surface area contributed by atoms with Crippen LogP contribution in [-0.4, -0.2) is 36.5 Å². The SMILES string of the molecule is COC(=O)CC(O)C(O)c1ccc(OC)c(N)c1. The molecule has 6 nitrogen and oxygen atoms in total. The smallest absolute Gasteiger partial charge is 0.308 e. The van der Waals surface area contributed by atoms with Crippen LogP contribution in [0.25, 0.3) is 0 Å². The van der Waals surface area contributed by atoms with Gasteiger partial charge < -0.3 is 25.4 Å². The lowest BCUT2D eigenvalue weighted by Crippen LogP contribution is -2.22. The third kappa shape index (κ3) is 3.35. The highest BCUT2D eigenvalue weighted by Crippen LogP contribution is 2.27. The van der Waals surface area contributed by atoms with Crippen LogP contribution in [0.15, 0.2) is 18.2 Å². The van der Waals surface area contributed by atoms with Gasteiger partial charge in [-0.1, -0.05) is 6.07 Å². The van der Waals surface area contributed by atoms with Crippen molar-refractivity contribution in [2.24, 2.45) is 0 Å². The van der Waals surface area contributed by atoms with Crippen LogP contribution in [0.2, 0.25) is 0 Å². The fourth-order valence-corrected chi connectivity index (χ4v) is 1.52. The Bertz CT molecular complexity index is 421. The molecule has 0 bridgehead atoms. The normalized spacial score (nSPS) is 13.8. The maximum Gasteiger partial charge on any atom is 0.308 e. The quantitative estimate of drug-likeness (QED) is 0.514. The summed E-state index contributed by atoms with van der Waals surface area (Å²) in [6.45, 7) is 0. The van der Waals surface area contributed by atoms with Gasteiger partial charge in [-0.05, 0) is 17.7 Å². The monoisotopic (exact) mass is 255 g/mol. The van der Waals surface area contributed by atoms with Gasteiger partial charge in [0.1, 0.15) is 11.9 Å². The van der Waals surface area contributed by atoms with Gasteiger partial charge in [0, 0.05) is 0 Å². The first-order valence-electron chi connectivity index (χ1n) is 5.36. The molecule has 18 heavy (non-hydrogen) atoms. The van der Waals surface area contributed by atoms with E-state index in [1.54, 1.807) is 12.1 Å². The number of rotatable bonds is 5. The van der Waals surface area contributed by atoms with E-state index in [1.165, 1.54) is 20.3 Å². The van der Waals surface area contributed by atoms with Gasteiger partial charge in [-0.15, -0.1) is 0 Å². The highest BCUT2D eigenvalue weighted by atomic mass is 16.5.